The van der Waals surface area contributed by atoms with Gasteiger partial charge in [-0.3, -0.25) is 9.59 Å². The van der Waals surface area contributed by atoms with Crippen LogP contribution >= 0.6 is 44.3 Å². The quantitative estimate of drug-likeness (QED) is 0.427. The van der Waals surface area contributed by atoms with Crippen LogP contribution in [0.4, 0.5) is 0 Å². The molecule has 0 aliphatic rings. The van der Waals surface area contributed by atoms with E-state index < -0.39 is 0 Å². The SMILES string of the molecule is O=c1cc(SSc2cc(=O)c3ccccc3s2)sc2ccccc12. The Morgan fingerprint density at radius 2 is 1.04 bits per heavy atom. The van der Waals surface area contributed by atoms with Gasteiger partial charge in [-0.2, -0.15) is 0 Å². The molecule has 0 unspecified atom stereocenters. The third-order valence-electron chi connectivity index (χ3n) is 3.43. The minimum absolute atomic E-state index is 0.0409. The highest BCUT2D eigenvalue weighted by Crippen LogP contribution is 2.42. The molecule has 0 fully saturated rings. The Morgan fingerprint density at radius 3 is 1.50 bits per heavy atom. The van der Waals surface area contributed by atoms with Crippen molar-refractivity contribution in [2.24, 2.45) is 0 Å². The Bertz CT molecular complexity index is 1070. The monoisotopic (exact) mass is 386 g/mol. The average molecular weight is 387 g/mol. The topological polar surface area (TPSA) is 34.1 Å². The Morgan fingerprint density at radius 1 is 0.625 bits per heavy atom. The van der Waals surface area contributed by atoms with Gasteiger partial charge in [0.15, 0.2) is 10.9 Å². The van der Waals surface area contributed by atoms with E-state index in [0.29, 0.717) is 0 Å². The first kappa shape index (κ1) is 15.9. The third kappa shape index (κ3) is 3.15. The van der Waals surface area contributed by atoms with Crippen LogP contribution in [0.5, 0.6) is 0 Å². The molecule has 0 aliphatic carbocycles. The lowest BCUT2D eigenvalue weighted by molar-refractivity contribution is 1.60. The van der Waals surface area contributed by atoms with Gasteiger partial charge in [0.1, 0.15) is 0 Å². The second-order valence-corrected chi connectivity index (χ2v) is 9.92. The number of benzene rings is 2. The Hall–Kier alpha value is -1.60. The normalized spacial score (nSPS) is 11.2. The molecule has 4 aromatic rings. The second-order valence-electron chi connectivity index (χ2n) is 5.02. The van der Waals surface area contributed by atoms with Crippen LogP contribution in [0.2, 0.25) is 0 Å². The van der Waals surface area contributed by atoms with E-state index in [-0.39, 0.29) is 10.9 Å². The molecule has 118 valence electrons. The summed E-state index contributed by atoms with van der Waals surface area (Å²) in [4.78, 5) is 24.4. The highest BCUT2D eigenvalue weighted by Gasteiger charge is 2.07. The van der Waals surface area contributed by atoms with E-state index >= 15 is 0 Å². The van der Waals surface area contributed by atoms with E-state index in [9.17, 15) is 9.59 Å². The maximum Gasteiger partial charge on any atom is 0.189 e. The van der Waals surface area contributed by atoms with Crippen molar-refractivity contribution in [1.29, 1.82) is 0 Å². The van der Waals surface area contributed by atoms with Crippen molar-refractivity contribution in [3.8, 4) is 0 Å². The molecule has 0 saturated heterocycles. The van der Waals surface area contributed by atoms with Crippen molar-refractivity contribution in [1.82, 2.24) is 0 Å². The van der Waals surface area contributed by atoms with Crippen LogP contribution in [0.3, 0.4) is 0 Å². The summed E-state index contributed by atoms with van der Waals surface area (Å²) in [6.45, 7) is 0. The van der Waals surface area contributed by atoms with Crippen LogP contribution in [0.1, 0.15) is 0 Å². The van der Waals surface area contributed by atoms with Crippen LogP contribution < -0.4 is 10.9 Å². The molecule has 0 amide bonds. The standard InChI is InChI=1S/C18H10O2S4/c19-13-9-17(21-15-7-3-1-5-11(13)15)23-24-18-10-14(20)12-6-2-4-8-16(12)22-18/h1-10H. The van der Waals surface area contributed by atoms with Gasteiger partial charge in [-0.05, 0) is 45.9 Å². The van der Waals surface area contributed by atoms with Gasteiger partial charge in [0.05, 0.1) is 8.42 Å². The molecule has 0 atom stereocenters. The van der Waals surface area contributed by atoms with E-state index in [1.807, 2.05) is 48.5 Å². The molecule has 0 bridgehead atoms. The van der Waals surface area contributed by atoms with Gasteiger partial charge >= 0.3 is 0 Å². The molecule has 6 heteroatoms. The number of rotatable bonds is 3. The zero-order valence-electron chi connectivity index (χ0n) is 12.2. The van der Waals surface area contributed by atoms with Crippen molar-refractivity contribution in [3.63, 3.8) is 0 Å². The minimum atomic E-state index is 0.0409. The van der Waals surface area contributed by atoms with Crippen molar-refractivity contribution < 1.29 is 0 Å². The lowest BCUT2D eigenvalue weighted by Gasteiger charge is -2.03. The van der Waals surface area contributed by atoms with Gasteiger partial charge in [0, 0.05) is 32.3 Å². The van der Waals surface area contributed by atoms with Gasteiger partial charge < -0.3 is 0 Å². The fourth-order valence-corrected chi connectivity index (χ4v) is 7.24. The van der Waals surface area contributed by atoms with E-state index in [0.717, 1.165) is 28.6 Å². The predicted octanol–water partition coefficient (Wildman–Crippen LogP) is 5.64. The van der Waals surface area contributed by atoms with E-state index in [4.69, 9.17) is 0 Å². The Kier molecular flexibility index (Phi) is 4.45. The molecule has 2 aromatic heterocycles. The minimum Gasteiger partial charge on any atom is -0.289 e. The van der Waals surface area contributed by atoms with E-state index in [1.54, 1.807) is 34.8 Å². The van der Waals surface area contributed by atoms with Crippen molar-refractivity contribution in [2.45, 2.75) is 8.42 Å². The lowest BCUT2D eigenvalue weighted by Crippen LogP contribution is -1.98. The highest BCUT2D eigenvalue weighted by molar-refractivity contribution is 8.77. The highest BCUT2D eigenvalue weighted by atomic mass is 33.1. The molecule has 0 aliphatic heterocycles. The first-order chi connectivity index (χ1) is 11.7. The molecule has 0 saturated carbocycles. The molecular weight excluding hydrogens is 376 g/mol. The Labute approximate surface area is 153 Å². The zero-order valence-corrected chi connectivity index (χ0v) is 15.5. The molecule has 0 radical (unpaired) electrons. The summed E-state index contributed by atoms with van der Waals surface area (Å²) < 4.78 is 3.85. The second kappa shape index (κ2) is 6.72. The van der Waals surface area contributed by atoms with Gasteiger partial charge in [0.25, 0.3) is 0 Å². The van der Waals surface area contributed by atoms with Gasteiger partial charge in [-0.25, -0.2) is 0 Å². The maximum absolute atomic E-state index is 12.2. The summed E-state index contributed by atoms with van der Waals surface area (Å²) in [6, 6.07) is 18.6. The third-order valence-corrected chi connectivity index (χ3v) is 8.83. The fourth-order valence-electron chi connectivity index (χ4n) is 2.33. The summed E-state index contributed by atoms with van der Waals surface area (Å²) in [7, 11) is 3.05. The summed E-state index contributed by atoms with van der Waals surface area (Å²) in [5, 5.41) is 1.51. The van der Waals surface area contributed by atoms with Crippen molar-refractivity contribution in [3.05, 3.63) is 81.1 Å². The van der Waals surface area contributed by atoms with Gasteiger partial charge in [-0.1, -0.05) is 24.3 Å². The summed E-state index contributed by atoms with van der Waals surface area (Å²) in [5.41, 5.74) is 0.0818. The van der Waals surface area contributed by atoms with Gasteiger partial charge in [0.2, 0.25) is 0 Å². The Balaban J connectivity index is 1.65. The van der Waals surface area contributed by atoms with Crippen molar-refractivity contribution in [2.75, 3.05) is 0 Å². The average Bonchev–Trinajstić information content (AvgIpc) is 2.60. The van der Waals surface area contributed by atoms with Crippen LogP contribution in [0.15, 0.2) is 78.7 Å². The largest absolute Gasteiger partial charge is 0.289 e. The molecular formula is C18H10O2S4. The van der Waals surface area contributed by atoms with E-state index in [1.165, 1.54) is 21.6 Å². The smallest absolute Gasteiger partial charge is 0.189 e. The molecule has 0 N–H and O–H groups in total. The van der Waals surface area contributed by atoms with Crippen LogP contribution in [0, 0.1) is 0 Å². The van der Waals surface area contributed by atoms with Crippen LogP contribution in [-0.2, 0) is 0 Å². The molecule has 0 spiro atoms. The summed E-state index contributed by atoms with van der Waals surface area (Å²) >= 11 is 3.19. The van der Waals surface area contributed by atoms with E-state index in [2.05, 4.69) is 0 Å². The summed E-state index contributed by atoms with van der Waals surface area (Å²) in [5.74, 6) is 0. The molecule has 2 nitrogen and oxygen atoms in total. The number of fused-ring (bicyclic) bond motifs is 2. The fraction of sp³-hybridized carbons (Fsp3) is 0. The van der Waals surface area contributed by atoms with Crippen LogP contribution in [-0.4, -0.2) is 0 Å². The van der Waals surface area contributed by atoms with Gasteiger partial charge in [-0.15, -0.1) is 22.7 Å². The number of hydrogen-bond donors (Lipinski definition) is 0. The zero-order chi connectivity index (χ0) is 16.5. The molecule has 4 rings (SSSR count). The maximum atomic E-state index is 12.2. The van der Waals surface area contributed by atoms with Crippen LogP contribution in [0.25, 0.3) is 20.2 Å². The molecule has 24 heavy (non-hydrogen) atoms. The predicted molar refractivity (Wildman–Crippen MR) is 108 cm³/mol. The molecule has 2 aromatic carbocycles. The first-order valence-electron chi connectivity index (χ1n) is 7.11. The summed E-state index contributed by atoms with van der Waals surface area (Å²) in [6.07, 6.45) is 0. The molecule has 2 heterocycles. The lowest BCUT2D eigenvalue weighted by atomic mass is 10.2. The van der Waals surface area contributed by atoms with Crippen molar-refractivity contribution >= 4 is 64.4 Å². The number of hydrogen-bond acceptors (Lipinski definition) is 6. The first-order valence-corrected chi connectivity index (χ1v) is 10.9.